The van der Waals surface area contributed by atoms with Crippen molar-refractivity contribution >= 4 is 11.8 Å². The van der Waals surface area contributed by atoms with E-state index >= 15 is 0 Å². The second kappa shape index (κ2) is 11.8. The van der Waals surface area contributed by atoms with E-state index in [1.54, 1.807) is 6.92 Å². The highest BCUT2D eigenvalue weighted by Gasteiger charge is 2.14. The number of carbonyl (C=O) groups is 1. The van der Waals surface area contributed by atoms with Crippen LogP contribution in [0.25, 0.3) is 0 Å². The van der Waals surface area contributed by atoms with Crippen LogP contribution in [0.4, 0.5) is 10.5 Å². The number of aliphatic hydroxyl groups is 1. The average molecular weight is 451 g/mol. The highest BCUT2D eigenvalue weighted by Crippen LogP contribution is 2.31. The number of rotatable bonds is 11. The van der Waals surface area contributed by atoms with E-state index in [0.29, 0.717) is 24.5 Å². The van der Waals surface area contributed by atoms with E-state index in [0.717, 1.165) is 22.6 Å². The Hall–Kier alpha value is -3.71. The Balaban J connectivity index is 1.63. The molecule has 0 fully saturated rings. The minimum absolute atomic E-state index is 0.0754. The molecule has 0 aliphatic rings. The van der Waals surface area contributed by atoms with Gasteiger partial charge in [0.1, 0.15) is 18.1 Å². The van der Waals surface area contributed by atoms with Crippen molar-refractivity contribution < 1.29 is 24.5 Å². The van der Waals surface area contributed by atoms with Gasteiger partial charge in [-0.3, -0.25) is 0 Å². The number of carboxylic acid groups (broad SMARTS) is 1. The minimum Gasteiger partial charge on any atom is -0.489 e. The van der Waals surface area contributed by atoms with Gasteiger partial charge in [-0.25, -0.2) is 4.79 Å². The van der Waals surface area contributed by atoms with Gasteiger partial charge in [-0.2, -0.15) is 0 Å². The molecule has 7 nitrogen and oxygen atoms in total. The van der Waals surface area contributed by atoms with Crippen molar-refractivity contribution in [2.45, 2.75) is 26.1 Å². The van der Waals surface area contributed by atoms with Crippen molar-refractivity contribution in [3.63, 3.8) is 0 Å². The molecule has 0 bridgehead atoms. The molecule has 3 aromatic carbocycles. The Morgan fingerprint density at radius 1 is 1.00 bits per heavy atom. The van der Waals surface area contributed by atoms with Crippen molar-refractivity contribution in [3.8, 4) is 17.2 Å². The van der Waals surface area contributed by atoms with Crippen LogP contribution in [-0.4, -0.2) is 47.4 Å². The summed E-state index contributed by atoms with van der Waals surface area (Å²) in [6, 6.07) is 23.1. The summed E-state index contributed by atoms with van der Waals surface area (Å²) in [5, 5.41) is 22.0. The SMILES string of the molecule is CNc1ccc(CCN(C[C@H](C)O)C(=O)O)cc1Oc1ccc(OCc2ccccc2)cc1. The van der Waals surface area contributed by atoms with Crippen molar-refractivity contribution in [2.24, 2.45) is 0 Å². The molecule has 0 unspecified atom stereocenters. The first-order valence-electron chi connectivity index (χ1n) is 10.9. The maximum Gasteiger partial charge on any atom is 0.407 e. The quantitative estimate of drug-likeness (QED) is 0.381. The molecular weight excluding hydrogens is 420 g/mol. The van der Waals surface area contributed by atoms with E-state index in [-0.39, 0.29) is 13.1 Å². The number of aliphatic hydroxyl groups excluding tert-OH is 1. The predicted molar refractivity (Wildman–Crippen MR) is 128 cm³/mol. The Labute approximate surface area is 194 Å². The molecule has 7 heteroatoms. The van der Waals surface area contributed by atoms with Crippen LogP contribution in [0.1, 0.15) is 18.1 Å². The fourth-order valence-electron chi connectivity index (χ4n) is 3.33. The van der Waals surface area contributed by atoms with Crippen molar-refractivity contribution in [2.75, 3.05) is 25.5 Å². The molecule has 0 heterocycles. The summed E-state index contributed by atoms with van der Waals surface area (Å²) in [5.74, 6) is 2.06. The fourth-order valence-corrected chi connectivity index (χ4v) is 3.33. The Kier molecular flexibility index (Phi) is 8.55. The first kappa shape index (κ1) is 23.9. The van der Waals surface area contributed by atoms with Gasteiger partial charge >= 0.3 is 6.09 Å². The van der Waals surface area contributed by atoms with Crippen molar-refractivity contribution in [1.29, 1.82) is 0 Å². The molecular formula is C26H30N2O5. The van der Waals surface area contributed by atoms with E-state index in [1.807, 2.05) is 79.8 Å². The molecule has 1 amide bonds. The first-order valence-corrected chi connectivity index (χ1v) is 10.9. The molecule has 0 aliphatic heterocycles. The summed E-state index contributed by atoms with van der Waals surface area (Å²) in [6.45, 7) is 2.43. The summed E-state index contributed by atoms with van der Waals surface area (Å²) in [4.78, 5) is 12.6. The third kappa shape index (κ3) is 7.43. The van der Waals surface area contributed by atoms with Gasteiger partial charge in [0.2, 0.25) is 0 Å². The molecule has 3 aromatic rings. The molecule has 1 atom stereocenters. The molecule has 0 aliphatic carbocycles. The lowest BCUT2D eigenvalue weighted by molar-refractivity contribution is 0.105. The second-order valence-corrected chi connectivity index (χ2v) is 7.76. The van der Waals surface area contributed by atoms with Crippen LogP contribution in [0.5, 0.6) is 17.2 Å². The van der Waals surface area contributed by atoms with Gasteiger partial charge in [0, 0.05) is 20.1 Å². The Morgan fingerprint density at radius 2 is 1.70 bits per heavy atom. The summed E-state index contributed by atoms with van der Waals surface area (Å²) >= 11 is 0. The monoisotopic (exact) mass is 450 g/mol. The normalized spacial score (nSPS) is 11.5. The molecule has 0 radical (unpaired) electrons. The topological polar surface area (TPSA) is 91.3 Å². The number of hydrogen-bond donors (Lipinski definition) is 3. The van der Waals surface area contributed by atoms with Crippen LogP contribution in [0, 0.1) is 0 Å². The summed E-state index contributed by atoms with van der Waals surface area (Å²) in [5.41, 5.74) is 2.86. The molecule has 3 N–H and O–H groups in total. The van der Waals surface area contributed by atoms with Crippen LogP contribution >= 0.6 is 0 Å². The largest absolute Gasteiger partial charge is 0.489 e. The van der Waals surface area contributed by atoms with Gasteiger partial charge in [0.25, 0.3) is 0 Å². The maximum absolute atomic E-state index is 11.4. The number of anilines is 1. The van der Waals surface area contributed by atoms with Gasteiger partial charge in [-0.15, -0.1) is 0 Å². The zero-order valence-electron chi connectivity index (χ0n) is 18.9. The third-order valence-corrected chi connectivity index (χ3v) is 5.04. The average Bonchev–Trinajstić information content (AvgIpc) is 2.82. The van der Waals surface area contributed by atoms with E-state index in [9.17, 15) is 15.0 Å². The molecule has 174 valence electrons. The van der Waals surface area contributed by atoms with Crippen LogP contribution in [0.3, 0.4) is 0 Å². The Morgan fingerprint density at radius 3 is 2.33 bits per heavy atom. The van der Waals surface area contributed by atoms with Crippen LogP contribution in [0.2, 0.25) is 0 Å². The maximum atomic E-state index is 11.4. The van der Waals surface area contributed by atoms with Gasteiger partial charge in [0.15, 0.2) is 5.75 Å². The fraction of sp³-hybridized carbons (Fsp3) is 0.269. The minimum atomic E-state index is -1.05. The molecule has 0 saturated heterocycles. The molecule has 33 heavy (non-hydrogen) atoms. The lowest BCUT2D eigenvalue weighted by atomic mass is 10.1. The summed E-state index contributed by atoms with van der Waals surface area (Å²) in [6.07, 6.45) is -1.26. The number of nitrogens with one attached hydrogen (secondary N) is 1. The number of ether oxygens (including phenoxy) is 2. The lowest BCUT2D eigenvalue weighted by Crippen LogP contribution is -2.36. The van der Waals surface area contributed by atoms with Crippen LogP contribution in [-0.2, 0) is 13.0 Å². The van der Waals surface area contributed by atoms with E-state index in [4.69, 9.17) is 9.47 Å². The summed E-state index contributed by atoms with van der Waals surface area (Å²) in [7, 11) is 1.82. The van der Waals surface area contributed by atoms with E-state index in [2.05, 4.69) is 5.32 Å². The molecule has 0 spiro atoms. The first-order chi connectivity index (χ1) is 15.9. The van der Waals surface area contributed by atoms with Gasteiger partial charge in [-0.1, -0.05) is 36.4 Å². The zero-order chi connectivity index (χ0) is 23.6. The second-order valence-electron chi connectivity index (χ2n) is 7.76. The third-order valence-electron chi connectivity index (χ3n) is 5.04. The highest BCUT2D eigenvalue weighted by molar-refractivity contribution is 5.65. The summed E-state index contributed by atoms with van der Waals surface area (Å²) < 4.78 is 11.9. The number of benzene rings is 3. The van der Waals surface area contributed by atoms with Gasteiger partial charge < -0.3 is 29.9 Å². The molecule has 0 aromatic heterocycles. The van der Waals surface area contributed by atoms with Gasteiger partial charge in [-0.05, 0) is 60.9 Å². The lowest BCUT2D eigenvalue weighted by Gasteiger charge is -2.21. The number of hydrogen-bond acceptors (Lipinski definition) is 5. The molecule has 3 rings (SSSR count). The Bertz CT molecular complexity index is 1020. The number of amides is 1. The van der Waals surface area contributed by atoms with Crippen molar-refractivity contribution in [3.05, 3.63) is 83.9 Å². The van der Waals surface area contributed by atoms with Gasteiger partial charge in [0.05, 0.1) is 11.8 Å². The predicted octanol–water partition coefficient (Wildman–Crippen LogP) is 5.00. The van der Waals surface area contributed by atoms with E-state index in [1.165, 1.54) is 4.90 Å². The molecule has 0 saturated carbocycles. The standard InChI is InChI=1S/C26H30N2O5/c1-19(29)17-28(26(30)31)15-14-20-8-13-24(27-2)25(16-20)33-23-11-9-22(10-12-23)32-18-21-6-4-3-5-7-21/h3-13,16,19,27,29H,14-15,17-18H2,1-2H3,(H,30,31)/t19-/m0/s1. The van der Waals surface area contributed by atoms with Crippen LogP contribution < -0.4 is 14.8 Å². The van der Waals surface area contributed by atoms with E-state index < -0.39 is 12.2 Å². The number of nitrogens with zero attached hydrogens (tertiary/aromatic N) is 1. The van der Waals surface area contributed by atoms with Crippen LogP contribution in [0.15, 0.2) is 72.8 Å². The smallest absolute Gasteiger partial charge is 0.407 e. The van der Waals surface area contributed by atoms with Crippen molar-refractivity contribution in [1.82, 2.24) is 4.90 Å². The highest BCUT2D eigenvalue weighted by atomic mass is 16.5. The zero-order valence-corrected chi connectivity index (χ0v) is 18.9.